The number of anilines is 2. The van der Waals surface area contributed by atoms with Crippen molar-refractivity contribution in [2.75, 3.05) is 37.3 Å². The molecule has 3 N–H and O–H groups in total. The zero-order valence-corrected chi connectivity index (χ0v) is 11.2. The van der Waals surface area contributed by atoms with Gasteiger partial charge >= 0.3 is 0 Å². The maximum absolute atomic E-state index is 11.9. The van der Waals surface area contributed by atoms with Gasteiger partial charge in [-0.2, -0.15) is 5.26 Å². The van der Waals surface area contributed by atoms with E-state index >= 15 is 0 Å². The molecule has 1 aliphatic rings. The SMILES string of the molecule is N#CC1CN(CCC(=O)Nc2ccccc2N)CCO1. The minimum atomic E-state index is -0.392. The third kappa shape index (κ3) is 3.95. The molecule has 2 rings (SSSR count). The fourth-order valence-electron chi connectivity index (χ4n) is 2.07. The first-order valence-corrected chi connectivity index (χ1v) is 6.57. The van der Waals surface area contributed by atoms with Crippen molar-refractivity contribution in [1.82, 2.24) is 4.90 Å². The van der Waals surface area contributed by atoms with Crippen molar-refractivity contribution in [2.45, 2.75) is 12.5 Å². The van der Waals surface area contributed by atoms with Crippen molar-refractivity contribution < 1.29 is 9.53 Å². The van der Waals surface area contributed by atoms with Crippen LogP contribution in [-0.4, -0.2) is 43.2 Å². The number of carbonyl (C=O) groups is 1. The monoisotopic (exact) mass is 274 g/mol. The number of rotatable bonds is 4. The van der Waals surface area contributed by atoms with Crippen LogP contribution in [0.3, 0.4) is 0 Å². The summed E-state index contributed by atoms with van der Waals surface area (Å²) >= 11 is 0. The Morgan fingerprint density at radius 3 is 3.10 bits per heavy atom. The first-order chi connectivity index (χ1) is 9.69. The Morgan fingerprint density at radius 1 is 1.55 bits per heavy atom. The fraction of sp³-hybridized carbons (Fsp3) is 0.429. The number of nitrogens with two attached hydrogens (primary N) is 1. The number of nitrogen functional groups attached to an aromatic ring is 1. The molecular formula is C14H18N4O2. The third-order valence-electron chi connectivity index (χ3n) is 3.18. The molecule has 0 spiro atoms. The molecule has 20 heavy (non-hydrogen) atoms. The molecule has 1 unspecified atom stereocenters. The summed E-state index contributed by atoms with van der Waals surface area (Å²) < 4.78 is 5.26. The summed E-state index contributed by atoms with van der Waals surface area (Å²) in [4.78, 5) is 13.9. The molecule has 6 nitrogen and oxygen atoms in total. The van der Waals surface area contributed by atoms with Crippen molar-refractivity contribution in [3.05, 3.63) is 24.3 Å². The van der Waals surface area contributed by atoms with Crippen molar-refractivity contribution in [1.29, 1.82) is 5.26 Å². The maximum Gasteiger partial charge on any atom is 0.225 e. The van der Waals surface area contributed by atoms with Crippen LogP contribution in [0.2, 0.25) is 0 Å². The van der Waals surface area contributed by atoms with Crippen LogP contribution >= 0.6 is 0 Å². The summed E-state index contributed by atoms with van der Waals surface area (Å²) in [5.41, 5.74) is 6.95. The van der Waals surface area contributed by atoms with Gasteiger partial charge in [-0.1, -0.05) is 12.1 Å². The van der Waals surface area contributed by atoms with Crippen LogP contribution in [0.1, 0.15) is 6.42 Å². The smallest absolute Gasteiger partial charge is 0.225 e. The van der Waals surface area contributed by atoms with E-state index in [-0.39, 0.29) is 5.91 Å². The number of nitrogens with zero attached hydrogens (tertiary/aromatic N) is 2. The van der Waals surface area contributed by atoms with E-state index in [1.807, 2.05) is 12.1 Å². The predicted octanol–water partition coefficient (Wildman–Crippen LogP) is 0.822. The van der Waals surface area contributed by atoms with E-state index in [1.165, 1.54) is 0 Å². The van der Waals surface area contributed by atoms with Gasteiger partial charge in [-0.3, -0.25) is 9.69 Å². The highest BCUT2D eigenvalue weighted by Gasteiger charge is 2.20. The van der Waals surface area contributed by atoms with E-state index < -0.39 is 6.10 Å². The van der Waals surface area contributed by atoms with Crippen LogP contribution in [0.15, 0.2) is 24.3 Å². The van der Waals surface area contributed by atoms with E-state index in [2.05, 4.69) is 16.3 Å². The number of nitriles is 1. The van der Waals surface area contributed by atoms with E-state index in [9.17, 15) is 4.79 Å². The molecule has 1 fully saturated rings. The maximum atomic E-state index is 11.9. The summed E-state index contributed by atoms with van der Waals surface area (Å²) in [5, 5.41) is 11.6. The van der Waals surface area contributed by atoms with Crippen LogP contribution in [-0.2, 0) is 9.53 Å². The predicted molar refractivity (Wildman–Crippen MR) is 75.9 cm³/mol. The van der Waals surface area contributed by atoms with Gasteiger partial charge in [-0.15, -0.1) is 0 Å². The topological polar surface area (TPSA) is 91.4 Å². The quantitative estimate of drug-likeness (QED) is 0.793. The van der Waals surface area contributed by atoms with Crippen molar-refractivity contribution in [3.63, 3.8) is 0 Å². The third-order valence-corrected chi connectivity index (χ3v) is 3.18. The molecule has 0 saturated carbocycles. The molecule has 1 aliphatic heterocycles. The Kier molecular flexibility index (Phi) is 4.93. The summed E-state index contributed by atoms with van der Waals surface area (Å²) in [6.07, 6.45) is -0.0245. The summed E-state index contributed by atoms with van der Waals surface area (Å²) in [6, 6.07) is 9.25. The lowest BCUT2D eigenvalue weighted by molar-refractivity contribution is -0.116. The minimum Gasteiger partial charge on any atom is -0.397 e. The number of carbonyl (C=O) groups excluding carboxylic acids is 1. The minimum absolute atomic E-state index is 0.0806. The van der Waals surface area contributed by atoms with Gasteiger partial charge in [0.1, 0.15) is 0 Å². The number of amides is 1. The average molecular weight is 274 g/mol. The van der Waals surface area contributed by atoms with Crippen molar-refractivity contribution in [2.24, 2.45) is 0 Å². The molecule has 1 aromatic carbocycles. The zero-order valence-electron chi connectivity index (χ0n) is 11.2. The molecular weight excluding hydrogens is 256 g/mol. The van der Waals surface area contributed by atoms with E-state index in [1.54, 1.807) is 12.1 Å². The fourth-order valence-corrected chi connectivity index (χ4v) is 2.07. The number of hydrogen-bond donors (Lipinski definition) is 2. The molecule has 106 valence electrons. The number of benzene rings is 1. The molecule has 1 aromatic rings. The number of hydrogen-bond acceptors (Lipinski definition) is 5. The van der Waals surface area contributed by atoms with Gasteiger partial charge in [0.25, 0.3) is 0 Å². The van der Waals surface area contributed by atoms with Crippen molar-refractivity contribution >= 4 is 17.3 Å². The van der Waals surface area contributed by atoms with Crippen LogP contribution in [0.25, 0.3) is 0 Å². The first-order valence-electron chi connectivity index (χ1n) is 6.57. The van der Waals surface area contributed by atoms with Gasteiger partial charge in [0.15, 0.2) is 6.10 Å². The summed E-state index contributed by atoms with van der Waals surface area (Å²) in [5.74, 6) is -0.0806. The van der Waals surface area contributed by atoms with E-state index in [0.29, 0.717) is 37.5 Å². The van der Waals surface area contributed by atoms with Gasteiger partial charge in [0.05, 0.1) is 24.1 Å². The van der Waals surface area contributed by atoms with Crippen LogP contribution < -0.4 is 11.1 Å². The van der Waals surface area contributed by atoms with Gasteiger partial charge in [-0.25, -0.2) is 0 Å². The van der Waals surface area contributed by atoms with Crippen molar-refractivity contribution in [3.8, 4) is 6.07 Å². The van der Waals surface area contributed by atoms with Gasteiger partial charge in [0.2, 0.25) is 5.91 Å². The van der Waals surface area contributed by atoms with Crippen LogP contribution in [0.4, 0.5) is 11.4 Å². The second-order valence-electron chi connectivity index (χ2n) is 4.67. The number of ether oxygens (including phenoxy) is 1. The number of morpholine rings is 1. The lowest BCUT2D eigenvalue weighted by Crippen LogP contribution is -2.42. The highest BCUT2D eigenvalue weighted by molar-refractivity contribution is 5.93. The Labute approximate surface area is 118 Å². The van der Waals surface area contributed by atoms with Gasteiger partial charge < -0.3 is 15.8 Å². The van der Waals surface area contributed by atoms with E-state index in [4.69, 9.17) is 15.7 Å². The molecule has 0 aromatic heterocycles. The Morgan fingerprint density at radius 2 is 2.35 bits per heavy atom. The molecule has 1 heterocycles. The number of nitrogens with one attached hydrogen (secondary N) is 1. The highest BCUT2D eigenvalue weighted by Crippen LogP contribution is 2.16. The first kappa shape index (κ1) is 14.3. The molecule has 1 amide bonds. The Balaban J connectivity index is 1.78. The molecule has 1 atom stereocenters. The molecule has 1 saturated heterocycles. The van der Waals surface area contributed by atoms with Crippen LogP contribution in [0.5, 0.6) is 0 Å². The van der Waals surface area contributed by atoms with Crippen LogP contribution in [0, 0.1) is 11.3 Å². The lowest BCUT2D eigenvalue weighted by Gasteiger charge is -2.29. The Hall–Kier alpha value is -2.10. The number of para-hydroxylation sites is 2. The summed E-state index contributed by atoms with van der Waals surface area (Å²) in [7, 11) is 0. The second kappa shape index (κ2) is 6.89. The largest absolute Gasteiger partial charge is 0.397 e. The standard InChI is InChI=1S/C14H18N4O2/c15-9-11-10-18(7-8-20-11)6-5-14(19)17-13-4-2-1-3-12(13)16/h1-4,11H,5-8,10,16H2,(H,17,19). The molecule has 0 radical (unpaired) electrons. The molecule has 0 bridgehead atoms. The van der Waals surface area contributed by atoms with E-state index in [0.717, 1.165) is 6.54 Å². The summed E-state index contributed by atoms with van der Waals surface area (Å²) in [6.45, 7) is 2.45. The normalized spacial score (nSPS) is 19.2. The molecule has 6 heteroatoms. The second-order valence-corrected chi connectivity index (χ2v) is 4.67. The zero-order chi connectivity index (χ0) is 14.4. The Bertz CT molecular complexity index is 512. The van der Waals surface area contributed by atoms with Gasteiger partial charge in [-0.05, 0) is 12.1 Å². The lowest BCUT2D eigenvalue weighted by atomic mass is 10.2. The molecule has 0 aliphatic carbocycles. The average Bonchev–Trinajstić information content (AvgIpc) is 2.48. The highest BCUT2D eigenvalue weighted by atomic mass is 16.5. The van der Waals surface area contributed by atoms with Gasteiger partial charge in [0, 0.05) is 26.1 Å².